The average molecular weight is 267 g/mol. The topological polar surface area (TPSA) is 54.3 Å². The summed E-state index contributed by atoms with van der Waals surface area (Å²) in [5.41, 5.74) is 1.87. The maximum absolute atomic E-state index is 5.92. The van der Waals surface area contributed by atoms with Crippen LogP contribution in [-0.2, 0) is 0 Å². The van der Waals surface area contributed by atoms with Crippen LogP contribution < -0.4 is 5.41 Å². The van der Waals surface area contributed by atoms with Crippen LogP contribution in [0.4, 0.5) is 0 Å². The molecular formula is C12H10Cl2N3+. The van der Waals surface area contributed by atoms with Crippen molar-refractivity contribution in [2.24, 2.45) is 0 Å². The lowest BCUT2D eigenvalue weighted by molar-refractivity contribution is -0.107. The molecule has 17 heavy (non-hydrogen) atoms. The first-order valence-electron chi connectivity index (χ1n) is 4.92. The number of benzene rings is 1. The first-order chi connectivity index (χ1) is 8.15. The Balaban J connectivity index is 2.27. The number of imidazole rings is 1. The van der Waals surface area contributed by atoms with Crippen molar-refractivity contribution in [1.82, 2.24) is 9.97 Å². The Kier molecular flexibility index (Phi) is 3.61. The zero-order chi connectivity index (χ0) is 12.3. The van der Waals surface area contributed by atoms with Crippen LogP contribution in [0, 0.1) is 0 Å². The van der Waals surface area contributed by atoms with Gasteiger partial charge in [-0.25, -0.2) is 10.4 Å². The predicted octanol–water partition coefficient (Wildman–Crippen LogP) is 2.14. The molecule has 0 saturated carbocycles. The van der Waals surface area contributed by atoms with Gasteiger partial charge in [0.05, 0.1) is 11.9 Å². The number of nitrogens with two attached hydrogens (primary N) is 1. The molecule has 0 spiro atoms. The molecule has 1 aromatic carbocycles. The van der Waals surface area contributed by atoms with Crippen molar-refractivity contribution in [3.8, 4) is 11.3 Å². The van der Waals surface area contributed by atoms with Gasteiger partial charge in [0, 0.05) is 16.7 Å². The summed E-state index contributed by atoms with van der Waals surface area (Å²) in [5, 5.41) is 6.22. The van der Waals surface area contributed by atoms with E-state index >= 15 is 0 Å². The van der Waals surface area contributed by atoms with Crippen LogP contribution in [0.5, 0.6) is 0 Å². The predicted molar refractivity (Wildman–Crippen MR) is 70.9 cm³/mol. The van der Waals surface area contributed by atoms with Crippen LogP contribution in [0.25, 0.3) is 17.3 Å². The van der Waals surface area contributed by atoms with Gasteiger partial charge in [-0.3, -0.25) is 0 Å². The molecule has 0 fully saturated rings. The molecule has 2 rings (SSSR count). The Labute approximate surface area is 109 Å². The first kappa shape index (κ1) is 11.9. The number of allylic oxidation sites excluding steroid dienone is 1. The van der Waals surface area contributed by atoms with Gasteiger partial charge < -0.3 is 4.98 Å². The van der Waals surface area contributed by atoms with Gasteiger partial charge in [0.1, 0.15) is 5.82 Å². The third-order valence-electron chi connectivity index (χ3n) is 2.13. The van der Waals surface area contributed by atoms with E-state index in [-0.39, 0.29) is 5.17 Å². The molecule has 3 N–H and O–H groups in total. The van der Waals surface area contributed by atoms with Crippen LogP contribution in [0.1, 0.15) is 5.82 Å². The number of hydrogen-bond acceptors (Lipinski definition) is 1. The molecule has 0 unspecified atom stereocenters. The van der Waals surface area contributed by atoms with Crippen molar-refractivity contribution in [1.29, 1.82) is 0 Å². The van der Waals surface area contributed by atoms with E-state index in [2.05, 4.69) is 9.97 Å². The second-order valence-corrected chi connectivity index (χ2v) is 4.28. The number of hydrogen-bond donors (Lipinski definition) is 2. The van der Waals surface area contributed by atoms with E-state index in [9.17, 15) is 0 Å². The summed E-state index contributed by atoms with van der Waals surface area (Å²) < 4.78 is 0. The van der Waals surface area contributed by atoms with Gasteiger partial charge in [-0.05, 0) is 29.8 Å². The van der Waals surface area contributed by atoms with Gasteiger partial charge in [0.2, 0.25) is 0 Å². The molecule has 0 aliphatic rings. The summed E-state index contributed by atoms with van der Waals surface area (Å²) >= 11 is 11.4. The molecule has 1 heterocycles. The van der Waals surface area contributed by atoms with E-state index in [1.807, 2.05) is 24.3 Å². The minimum Gasteiger partial charge on any atom is -0.338 e. The minimum absolute atomic E-state index is 0.214. The van der Waals surface area contributed by atoms with Crippen LogP contribution >= 0.6 is 23.2 Å². The molecule has 0 amide bonds. The molecule has 1 aromatic heterocycles. The fraction of sp³-hybridized carbons (Fsp3) is 0. The number of aromatic nitrogens is 2. The lowest BCUT2D eigenvalue weighted by Gasteiger charge is -1.96. The Morgan fingerprint density at radius 3 is 2.94 bits per heavy atom. The standard InChI is InChI=1S/C12H9Cl2N3/c13-9-3-1-2-8(6-9)10-7-16-12(17-10)5-4-11(14)15/h1-7,15H,(H,16,17)/p+1/b5-4-,15-11?. The van der Waals surface area contributed by atoms with Crippen molar-refractivity contribution >= 4 is 34.4 Å². The Hall–Kier alpha value is -1.58. The number of halogens is 2. The maximum atomic E-state index is 5.92. The van der Waals surface area contributed by atoms with Crippen molar-refractivity contribution in [3.63, 3.8) is 0 Å². The summed E-state index contributed by atoms with van der Waals surface area (Å²) in [5.74, 6) is 0.684. The number of H-pyrrole nitrogens is 1. The van der Waals surface area contributed by atoms with Crippen molar-refractivity contribution in [3.05, 3.63) is 47.4 Å². The molecule has 86 valence electrons. The molecule has 5 heteroatoms. The summed E-state index contributed by atoms with van der Waals surface area (Å²) in [6.07, 6.45) is 5.01. The lowest BCUT2D eigenvalue weighted by atomic mass is 10.2. The molecule has 0 aliphatic heterocycles. The third kappa shape index (κ3) is 3.19. The largest absolute Gasteiger partial charge is 0.338 e. The third-order valence-corrected chi connectivity index (χ3v) is 2.49. The molecule has 3 nitrogen and oxygen atoms in total. The van der Waals surface area contributed by atoms with Crippen LogP contribution in [-0.4, -0.2) is 15.1 Å². The van der Waals surface area contributed by atoms with Gasteiger partial charge in [0.15, 0.2) is 0 Å². The highest BCUT2D eigenvalue weighted by Crippen LogP contribution is 2.21. The van der Waals surface area contributed by atoms with Crippen molar-refractivity contribution in [2.75, 3.05) is 0 Å². The fourth-order valence-electron chi connectivity index (χ4n) is 1.38. The highest BCUT2D eigenvalue weighted by atomic mass is 35.5. The summed E-state index contributed by atoms with van der Waals surface area (Å²) in [7, 11) is 0. The smallest absolute Gasteiger partial charge is 0.266 e. The van der Waals surface area contributed by atoms with E-state index in [1.54, 1.807) is 18.3 Å². The Morgan fingerprint density at radius 2 is 2.24 bits per heavy atom. The van der Waals surface area contributed by atoms with E-state index in [1.165, 1.54) is 0 Å². The van der Waals surface area contributed by atoms with E-state index < -0.39 is 0 Å². The number of aromatic amines is 1. The van der Waals surface area contributed by atoms with Crippen molar-refractivity contribution in [2.45, 2.75) is 0 Å². The second-order valence-electron chi connectivity index (χ2n) is 3.41. The normalized spacial score (nSPS) is 10.9. The molecule has 2 aromatic rings. The van der Waals surface area contributed by atoms with Crippen LogP contribution in [0.15, 0.2) is 36.5 Å². The highest BCUT2D eigenvalue weighted by Gasteiger charge is 2.02. The lowest BCUT2D eigenvalue weighted by Crippen LogP contribution is -2.34. The Morgan fingerprint density at radius 1 is 1.41 bits per heavy atom. The highest BCUT2D eigenvalue weighted by molar-refractivity contribution is 6.66. The molecular weight excluding hydrogens is 257 g/mol. The summed E-state index contributed by atoms with van der Waals surface area (Å²) in [6, 6.07) is 7.53. The van der Waals surface area contributed by atoms with E-state index in [0.29, 0.717) is 10.8 Å². The number of nitrogens with zero attached hydrogens (tertiary/aromatic N) is 1. The molecule has 0 aliphatic carbocycles. The van der Waals surface area contributed by atoms with E-state index in [0.717, 1.165) is 11.3 Å². The van der Waals surface area contributed by atoms with Crippen molar-refractivity contribution < 1.29 is 5.41 Å². The van der Waals surface area contributed by atoms with Gasteiger partial charge in [-0.1, -0.05) is 23.7 Å². The fourth-order valence-corrected chi connectivity index (χ4v) is 1.64. The van der Waals surface area contributed by atoms with Gasteiger partial charge in [-0.2, -0.15) is 0 Å². The quantitative estimate of drug-likeness (QED) is 0.822. The first-order valence-corrected chi connectivity index (χ1v) is 5.68. The molecule has 0 atom stereocenters. The van der Waals surface area contributed by atoms with Crippen LogP contribution in [0.3, 0.4) is 0 Å². The minimum atomic E-state index is 0.214. The SMILES string of the molecule is [NH2+]=C(Cl)/C=C\c1ncc(-c2cccc(Cl)c2)[nH]1. The maximum Gasteiger partial charge on any atom is 0.266 e. The summed E-state index contributed by atoms with van der Waals surface area (Å²) in [6.45, 7) is 0. The second kappa shape index (κ2) is 5.17. The zero-order valence-corrected chi connectivity index (χ0v) is 10.3. The average Bonchev–Trinajstić information content (AvgIpc) is 2.75. The van der Waals surface area contributed by atoms with Gasteiger partial charge >= 0.3 is 0 Å². The molecule has 0 radical (unpaired) electrons. The summed E-state index contributed by atoms with van der Waals surface area (Å²) in [4.78, 5) is 7.31. The number of nitrogens with one attached hydrogen (secondary N) is 1. The zero-order valence-electron chi connectivity index (χ0n) is 8.82. The monoisotopic (exact) mass is 266 g/mol. The van der Waals surface area contributed by atoms with Gasteiger partial charge in [0.25, 0.3) is 5.17 Å². The Bertz CT molecular complexity index is 573. The molecule has 0 saturated heterocycles. The van der Waals surface area contributed by atoms with Gasteiger partial charge in [-0.15, -0.1) is 0 Å². The van der Waals surface area contributed by atoms with E-state index in [4.69, 9.17) is 28.6 Å². The molecule has 0 bridgehead atoms. The number of rotatable bonds is 3. The van der Waals surface area contributed by atoms with Crippen LogP contribution in [0.2, 0.25) is 5.02 Å².